The summed E-state index contributed by atoms with van der Waals surface area (Å²) in [5.41, 5.74) is 3.69. The van der Waals surface area contributed by atoms with E-state index in [4.69, 9.17) is 16.7 Å². The van der Waals surface area contributed by atoms with Crippen molar-refractivity contribution >= 4 is 11.6 Å². The quantitative estimate of drug-likeness (QED) is 0.759. The van der Waals surface area contributed by atoms with Gasteiger partial charge in [-0.25, -0.2) is 0 Å². The number of aliphatic hydroxyl groups is 1. The van der Waals surface area contributed by atoms with Crippen LogP contribution in [0.3, 0.4) is 0 Å². The Balaban J connectivity index is 2.74. The Labute approximate surface area is 90.7 Å². The van der Waals surface area contributed by atoms with E-state index in [2.05, 4.69) is 32.0 Å². The fourth-order valence-electron chi connectivity index (χ4n) is 1.60. The molecule has 0 saturated carbocycles. The van der Waals surface area contributed by atoms with Crippen LogP contribution in [0.1, 0.15) is 34.9 Å². The van der Waals surface area contributed by atoms with E-state index in [1.165, 1.54) is 16.7 Å². The summed E-state index contributed by atoms with van der Waals surface area (Å²) in [6.45, 7) is 4.37. The fraction of sp³-hybridized carbons (Fsp3) is 0.500. The zero-order chi connectivity index (χ0) is 10.6. The zero-order valence-corrected chi connectivity index (χ0v) is 9.51. The molecule has 0 amide bonds. The average Bonchev–Trinajstić information content (AvgIpc) is 2.14. The minimum absolute atomic E-state index is 0.0303. The number of benzene rings is 1. The van der Waals surface area contributed by atoms with E-state index in [0.717, 1.165) is 12.8 Å². The largest absolute Gasteiger partial charge is 0.396 e. The van der Waals surface area contributed by atoms with Crippen LogP contribution in [-0.4, -0.2) is 11.7 Å². The Morgan fingerprint density at radius 1 is 1.36 bits per heavy atom. The van der Waals surface area contributed by atoms with Gasteiger partial charge < -0.3 is 5.11 Å². The fourth-order valence-corrected chi connectivity index (χ4v) is 2.00. The molecule has 1 unspecified atom stereocenters. The number of aliphatic hydroxyl groups excluding tert-OH is 1. The van der Waals surface area contributed by atoms with E-state index < -0.39 is 0 Å². The summed E-state index contributed by atoms with van der Waals surface area (Å²) in [4.78, 5) is 0. The second kappa shape index (κ2) is 5.38. The highest BCUT2D eigenvalue weighted by molar-refractivity contribution is 6.20. The molecule has 2 heteroatoms. The summed E-state index contributed by atoms with van der Waals surface area (Å²) in [6.07, 6.45) is 1.60. The van der Waals surface area contributed by atoms with Crippen LogP contribution < -0.4 is 0 Å². The molecule has 0 heterocycles. The van der Waals surface area contributed by atoms with Crippen molar-refractivity contribution in [3.63, 3.8) is 0 Å². The summed E-state index contributed by atoms with van der Waals surface area (Å²) < 4.78 is 0. The van der Waals surface area contributed by atoms with Gasteiger partial charge in [-0.05, 0) is 37.8 Å². The van der Waals surface area contributed by atoms with Gasteiger partial charge in [-0.15, -0.1) is 11.6 Å². The van der Waals surface area contributed by atoms with Crippen molar-refractivity contribution in [2.75, 3.05) is 6.61 Å². The third-order valence-corrected chi connectivity index (χ3v) is 2.83. The van der Waals surface area contributed by atoms with Crippen LogP contribution in [0.15, 0.2) is 18.2 Å². The van der Waals surface area contributed by atoms with Gasteiger partial charge in [0.15, 0.2) is 0 Å². The Kier molecular flexibility index (Phi) is 4.43. The molecule has 0 spiro atoms. The smallest absolute Gasteiger partial charge is 0.0588 e. The van der Waals surface area contributed by atoms with Gasteiger partial charge in [0, 0.05) is 6.61 Å². The summed E-state index contributed by atoms with van der Waals surface area (Å²) in [7, 11) is 0. The van der Waals surface area contributed by atoms with Crippen molar-refractivity contribution in [2.45, 2.75) is 32.1 Å². The predicted octanol–water partition coefficient (Wildman–Crippen LogP) is 3.36. The molecule has 1 atom stereocenters. The van der Waals surface area contributed by atoms with Gasteiger partial charge in [0.2, 0.25) is 0 Å². The molecule has 1 aromatic rings. The number of rotatable bonds is 4. The molecule has 0 aromatic heterocycles. The van der Waals surface area contributed by atoms with Crippen LogP contribution >= 0.6 is 11.6 Å². The number of alkyl halides is 1. The second-order valence-electron chi connectivity index (χ2n) is 3.69. The van der Waals surface area contributed by atoms with E-state index in [9.17, 15) is 0 Å². The van der Waals surface area contributed by atoms with Gasteiger partial charge >= 0.3 is 0 Å². The molecular weight excluding hydrogens is 196 g/mol. The van der Waals surface area contributed by atoms with Gasteiger partial charge in [0.05, 0.1) is 5.38 Å². The molecule has 14 heavy (non-hydrogen) atoms. The third kappa shape index (κ3) is 3.00. The van der Waals surface area contributed by atoms with E-state index in [1.807, 2.05) is 0 Å². The van der Waals surface area contributed by atoms with Crippen molar-refractivity contribution in [1.29, 1.82) is 0 Å². The highest BCUT2D eigenvalue weighted by Crippen LogP contribution is 2.28. The van der Waals surface area contributed by atoms with Gasteiger partial charge in [-0.3, -0.25) is 0 Å². The van der Waals surface area contributed by atoms with Crippen LogP contribution in [0.5, 0.6) is 0 Å². The molecule has 1 rings (SSSR count). The number of aryl methyl sites for hydroxylation is 2. The zero-order valence-electron chi connectivity index (χ0n) is 8.76. The van der Waals surface area contributed by atoms with Crippen molar-refractivity contribution < 1.29 is 5.11 Å². The lowest BCUT2D eigenvalue weighted by Crippen LogP contribution is -1.96. The minimum atomic E-state index is 0.0303. The molecule has 1 N–H and O–H groups in total. The van der Waals surface area contributed by atoms with Crippen LogP contribution in [0.4, 0.5) is 0 Å². The topological polar surface area (TPSA) is 20.2 Å². The molecular formula is C12H17ClO. The average molecular weight is 213 g/mol. The van der Waals surface area contributed by atoms with Gasteiger partial charge in [-0.2, -0.15) is 0 Å². The number of halogens is 1. The molecule has 0 saturated heterocycles. The maximum Gasteiger partial charge on any atom is 0.0588 e. The maximum atomic E-state index is 8.72. The monoisotopic (exact) mass is 212 g/mol. The lowest BCUT2D eigenvalue weighted by Gasteiger charge is -2.12. The first kappa shape index (κ1) is 11.5. The van der Waals surface area contributed by atoms with Gasteiger partial charge in [0.25, 0.3) is 0 Å². The maximum absolute atomic E-state index is 8.72. The molecule has 0 radical (unpaired) electrons. The summed E-state index contributed by atoms with van der Waals surface area (Å²) in [5, 5.41) is 8.75. The number of hydrogen-bond donors (Lipinski definition) is 1. The molecule has 0 fully saturated rings. The standard InChI is InChI=1S/C12H17ClO/c1-9-5-6-11(10(2)8-9)12(13)4-3-7-14/h5-6,8,12,14H,3-4,7H2,1-2H3. The van der Waals surface area contributed by atoms with Crippen molar-refractivity contribution in [3.8, 4) is 0 Å². The SMILES string of the molecule is Cc1ccc(C(Cl)CCCO)c(C)c1. The van der Waals surface area contributed by atoms with Crippen molar-refractivity contribution in [1.82, 2.24) is 0 Å². The van der Waals surface area contributed by atoms with Crippen LogP contribution in [0.25, 0.3) is 0 Å². The molecule has 1 aromatic carbocycles. The summed E-state index contributed by atoms with van der Waals surface area (Å²) in [6, 6.07) is 6.31. The molecule has 0 aliphatic rings. The normalized spacial score (nSPS) is 12.9. The predicted molar refractivity (Wildman–Crippen MR) is 60.8 cm³/mol. The van der Waals surface area contributed by atoms with Crippen LogP contribution in [0, 0.1) is 13.8 Å². The first-order valence-electron chi connectivity index (χ1n) is 4.97. The van der Waals surface area contributed by atoms with E-state index in [0.29, 0.717) is 0 Å². The Morgan fingerprint density at radius 2 is 2.07 bits per heavy atom. The Morgan fingerprint density at radius 3 is 2.64 bits per heavy atom. The highest BCUT2D eigenvalue weighted by Gasteiger charge is 2.09. The lowest BCUT2D eigenvalue weighted by atomic mass is 10.0. The van der Waals surface area contributed by atoms with E-state index >= 15 is 0 Å². The molecule has 1 nitrogen and oxygen atoms in total. The van der Waals surface area contributed by atoms with E-state index in [-0.39, 0.29) is 12.0 Å². The van der Waals surface area contributed by atoms with Crippen molar-refractivity contribution in [2.24, 2.45) is 0 Å². The first-order chi connectivity index (χ1) is 6.65. The molecule has 0 aliphatic heterocycles. The second-order valence-corrected chi connectivity index (χ2v) is 4.22. The van der Waals surface area contributed by atoms with E-state index in [1.54, 1.807) is 0 Å². The summed E-state index contributed by atoms with van der Waals surface area (Å²) in [5.74, 6) is 0. The Hall–Kier alpha value is -0.530. The lowest BCUT2D eigenvalue weighted by molar-refractivity contribution is 0.284. The highest BCUT2D eigenvalue weighted by atomic mass is 35.5. The summed E-state index contributed by atoms with van der Waals surface area (Å²) >= 11 is 6.23. The first-order valence-corrected chi connectivity index (χ1v) is 5.41. The van der Waals surface area contributed by atoms with Crippen LogP contribution in [-0.2, 0) is 0 Å². The molecule has 0 bridgehead atoms. The van der Waals surface area contributed by atoms with Crippen LogP contribution in [0.2, 0.25) is 0 Å². The number of hydrogen-bond acceptors (Lipinski definition) is 1. The Bertz CT molecular complexity index is 296. The third-order valence-electron chi connectivity index (χ3n) is 2.38. The minimum Gasteiger partial charge on any atom is -0.396 e. The molecule has 78 valence electrons. The molecule has 0 aliphatic carbocycles. The van der Waals surface area contributed by atoms with Gasteiger partial charge in [-0.1, -0.05) is 23.8 Å². The van der Waals surface area contributed by atoms with Crippen molar-refractivity contribution in [3.05, 3.63) is 34.9 Å². The van der Waals surface area contributed by atoms with Gasteiger partial charge in [0.1, 0.15) is 0 Å².